The fourth-order valence-electron chi connectivity index (χ4n) is 1.44. The van der Waals surface area contributed by atoms with Gasteiger partial charge in [-0.3, -0.25) is 4.79 Å². The molecule has 0 radical (unpaired) electrons. The number of carbonyl (C=O) groups excluding carboxylic acids is 1. The van der Waals surface area contributed by atoms with Gasteiger partial charge in [-0.25, -0.2) is 9.82 Å². The van der Waals surface area contributed by atoms with Crippen molar-refractivity contribution in [2.75, 3.05) is 0 Å². The summed E-state index contributed by atoms with van der Waals surface area (Å²) in [6.45, 7) is 1.87. The molecule has 1 fully saturated rings. The number of nitrogens with zero attached hydrogens (tertiary/aromatic N) is 1. The molecule has 0 unspecified atom stereocenters. The van der Waals surface area contributed by atoms with E-state index in [0.29, 0.717) is 5.92 Å². The lowest BCUT2D eigenvalue weighted by atomic mass is 10.2. The third-order valence-electron chi connectivity index (χ3n) is 2.62. The van der Waals surface area contributed by atoms with Gasteiger partial charge in [-0.15, -0.1) is 0 Å². The first-order chi connectivity index (χ1) is 7.68. The molecule has 84 valence electrons. The molecular weight excluding hydrogens is 207 g/mol. The fourth-order valence-corrected chi connectivity index (χ4v) is 1.44. The molecule has 0 bridgehead atoms. The van der Waals surface area contributed by atoms with Crippen molar-refractivity contribution in [3.8, 4) is 0 Å². The van der Waals surface area contributed by atoms with Crippen LogP contribution in [-0.4, -0.2) is 11.6 Å². The highest BCUT2D eigenvalue weighted by Gasteiger charge is 2.24. The lowest BCUT2D eigenvalue weighted by molar-refractivity contribution is 0.0950. The van der Waals surface area contributed by atoms with Gasteiger partial charge in [-0.2, -0.15) is 5.10 Å². The van der Waals surface area contributed by atoms with Gasteiger partial charge in [-0.1, -0.05) is 12.1 Å². The Kier molecular flexibility index (Phi) is 2.99. The third kappa shape index (κ3) is 2.45. The standard InChI is InChI=1S/C12H13FN2O/c1-8(9-6-7-9)14-15-12(16)10-4-2-3-5-11(10)13/h2-5,9H,6-7H2,1H3,(H,15,16). The predicted molar refractivity (Wildman–Crippen MR) is 59.7 cm³/mol. The second-order valence-corrected chi connectivity index (χ2v) is 3.95. The lowest BCUT2D eigenvalue weighted by Gasteiger charge is -2.02. The number of hydrazone groups is 1. The van der Waals surface area contributed by atoms with E-state index in [9.17, 15) is 9.18 Å². The van der Waals surface area contributed by atoms with Gasteiger partial charge in [0, 0.05) is 5.71 Å². The van der Waals surface area contributed by atoms with E-state index in [1.807, 2.05) is 6.92 Å². The van der Waals surface area contributed by atoms with Crippen molar-refractivity contribution in [1.29, 1.82) is 0 Å². The van der Waals surface area contributed by atoms with Crippen molar-refractivity contribution in [2.45, 2.75) is 19.8 Å². The van der Waals surface area contributed by atoms with Crippen molar-refractivity contribution >= 4 is 11.6 Å². The average Bonchev–Trinajstić information content (AvgIpc) is 3.10. The molecule has 0 saturated heterocycles. The molecule has 0 spiro atoms. The van der Waals surface area contributed by atoms with Crippen molar-refractivity contribution < 1.29 is 9.18 Å². The SMILES string of the molecule is CC(=NNC(=O)c1ccccc1F)C1CC1. The number of hydrogen-bond acceptors (Lipinski definition) is 2. The van der Waals surface area contributed by atoms with Gasteiger partial charge in [0.15, 0.2) is 0 Å². The molecule has 2 rings (SSSR count). The summed E-state index contributed by atoms with van der Waals surface area (Å²) < 4.78 is 13.2. The zero-order chi connectivity index (χ0) is 11.5. The monoisotopic (exact) mass is 220 g/mol. The maximum absolute atomic E-state index is 13.2. The maximum atomic E-state index is 13.2. The molecule has 1 aliphatic rings. The molecule has 4 heteroatoms. The molecule has 3 nitrogen and oxygen atoms in total. The Morgan fingerprint density at radius 1 is 1.44 bits per heavy atom. The van der Waals surface area contributed by atoms with Gasteiger partial charge in [0.05, 0.1) is 5.56 Å². The van der Waals surface area contributed by atoms with Crippen LogP contribution in [0.25, 0.3) is 0 Å². The topological polar surface area (TPSA) is 41.5 Å². The quantitative estimate of drug-likeness (QED) is 0.616. The Bertz CT molecular complexity index is 438. The Morgan fingerprint density at radius 2 is 2.12 bits per heavy atom. The van der Waals surface area contributed by atoms with Crippen LogP contribution in [0.4, 0.5) is 4.39 Å². The average molecular weight is 220 g/mol. The molecule has 0 aromatic heterocycles. The summed E-state index contributed by atoms with van der Waals surface area (Å²) in [6.07, 6.45) is 2.26. The largest absolute Gasteiger partial charge is 0.274 e. The van der Waals surface area contributed by atoms with E-state index in [1.54, 1.807) is 12.1 Å². The number of halogens is 1. The molecule has 0 aliphatic heterocycles. The molecule has 1 aliphatic carbocycles. The lowest BCUT2D eigenvalue weighted by Crippen LogP contribution is -2.20. The normalized spacial score (nSPS) is 16.0. The second-order valence-electron chi connectivity index (χ2n) is 3.95. The van der Waals surface area contributed by atoms with Crippen LogP contribution in [0.1, 0.15) is 30.1 Å². The minimum atomic E-state index is -0.528. The highest BCUT2D eigenvalue weighted by molar-refractivity contribution is 5.95. The van der Waals surface area contributed by atoms with E-state index in [4.69, 9.17) is 0 Å². The van der Waals surface area contributed by atoms with Gasteiger partial charge < -0.3 is 0 Å². The number of nitrogens with one attached hydrogen (secondary N) is 1. The summed E-state index contributed by atoms with van der Waals surface area (Å²) >= 11 is 0. The van der Waals surface area contributed by atoms with Crippen molar-refractivity contribution in [2.24, 2.45) is 11.0 Å². The smallest absolute Gasteiger partial charge is 0.267 e. The summed E-state index contributed by atoms with van der Waals surface area (Å²) in [4.78, 5) is 11.6. The van der Waals surface area contributed by atoms with E-state index in [0.717, 1.165) is 18.6 Å². The minimum Gasteiger partial charge on any atom is -0.267 e. The van der Waals surface area contributed by atoms with Gasteiger partial charge >= 0.3 is 0 Å². The summed E-state index contributed by atoms with van der Waals surface area (Å²) in [5.41, 5.74) is 3.30. The second kappa shape index (κ2) is 4.43. The van der Waals surface area contributed by atoms with Gasteiger partial charge in [0.1, 0.15) is 5.82 Å². The van der Waals surface area contributed by atoms with Crippen molar-refractivity contribution in [3.05, 3.63) is 35.6 Å². The van der Waals surface area contributed by atoms with Crippen LogP contribution in [0.3, 0.4) is 0 Å². The van der Waals surface area contributed by atoms with Crippen molar-refractivity contribution in [3.63, 3.8) is 0 Å². The molecular formula is C12H13FN2O. The van der Waals surface area contributed by atoms with Crippen molar-refractivity contribution in [1.82, 2.24) is 5.43 Å². The van der Waals surface area contributed by atoms with Gasteiger partial charge in [-0.05, 0) is 37.8 Å². The van der Waals surface area contributed by atoms with Crippen LogP contribution in [0.2, 0.25) is 0 Å². The van der Waals surface area contributed by atoms with E-state index in [-0.39, 0.29) is 5.56 Å². The van der Waals surface area contributed by atoms with E-state index >= 15 is 0 Å². The van der Waals surface area contributed by atoms with E-state index < -0.39 is 11.7 Å². The Balaban J connectivity index is 2.03. The molecule has 1 amide bonds. The Labute approximate surface area is 93.4 Å². The number of amides is 1. The Hall–Kier alpha value is -1.71. The number of rotatable bonds is 3. The van der Waals surface area contributed by atoms with Crippen LogP contribution in [0.15, 0.2) is 29.4 Å². The molecule has 0 atom stereocenters. The first kappa shape index (κ1) is 10.8. The number of hydrogen-bond donors (Lipinski definition) is 1. The molecule has 16 heavy (non-hydrogen) atoms. The highest BCUT2D eigenvalue weighted by Crippen LogP contribution is 2.30. The highest BCUT2D eigenvalue weighted by atomic mass is 19.1. The van der Waals surface area contributed by atoms with Crippen LogP contribution in [0, 0.1) is 11.7 Å². The summed E-state index contributed by atoms with van der Waals surface area (Å²) in [5, 5.41) is 3.95. The van der Waals surface area contributed by atoms with Gasteiger partial charge in [0.2, 0.25) is 0 Å². The van der Waals surface area contributed by atoms with Crippen LogP contribution < -0.4 is 5.43 Å². The molecule has 1 N–H and O–H groups in total. The molecule has 1 aromatic carbocycles. The maximum Gasteiger partial charge on any atom is 0.274 e. The van der Waals surface area contributed by atoms with Crippen LogP contribution in [-0.2, 0) is 0 Å². The first-order valence-corrected chi connectivity index (χ1v) is 5.27. The molecule has 0 heterocycles. The first-order valence-electron chi connectivity index (χ1n) is 5.27. The van der Waals surface area contributed by atoms with Crippen LogP contribution >= 0.6 is 0 Å². The Morgan fingerprint density at radius 3 is 2.75 bits per heavy atom. The molecule has 1 saturated carbocycles. The van der Waals surface area contributed by atoms with Gasteiger partial charge in [0.25, 0.3) is 5.91 Å². The predicted octanol–water partition coefficient (Wildman–Crippen LogP) is 2.34. The van der Waals surface area contributed by atoms with E-state index in [2.05, 4.69) is 10.5 Å². The fraction of sp³-hybridized carbons (Fsp3) is 0.333. The summed E-state index contributed by atoms with van der Waals surface area (Å²) in [6, 6.07) is 5.86. The summed E-state index contributed by atoms with van der Waals surface area (Å²) in [5.74, 6) is -0.529. The number of benzene rings is 1. The molecule has 1 aromatic rings. The zero-order valence-corrected chi connectivity index (χ0v) is 9.03. The zero-order valence-electron chi connectivity index (χ0n) is 9.03. The van der Waals surface area contributed by atoms with Crippen LogP contribution in [0.5, 0.6) is 0 Å². The number of carbonyl (C=O) groups is 1. The summed E-state index contributed by atoms with van der Waals surface area (Å²) in [7, 11) is 0. The minimum absolute atomic E-state index is 0.0230. The van der Waals surface area contributed by atoms with E-state index in [1.165, 1.54) is 12.1 Å². The third-order valence-corrected chi connectivity index (χ3v) is 2.62.